The maximum atomic E-state index is 2.55. The topological polar surface area (TPSA) is 6.25 Å². The molecule has 218 valence electrons. The number of allylic oxidation sites excluding steroid dienone is 8. The van der Waals surface area contributed by atoms with Crippen LogP contribution in [0.5, 0.6) is 0 Å². The van der Waals surface area contributed by atoms with Crippen LogP contribution < -0.4 is 4.90 Å². The highest BCUT2D eigenvalue weighted by molar-refractivity contribution is 6.07. The molecular weight excluding hydrogens is 520 g/mol. The van der Waals surface area contributed by atoms with Crippen LogP contribution in [0.4, 0.5) is 11.4 Å². The Kier molecular flexibility index (Phi) is 7.08. The molecule has 2 aliphatic heterocycles. The Hall–Kier alpha value is -4.17. The number of hydrogen-bond donors (Lipinski definition) is 0. The number of likely N-dealkylation sites (N-methyl/N-ethyl adjacent to an activating group) is 1. The lowest BCUT2D eigenvalue weighted by Gasteiger charge is -2.26. The van der Waals surface area contributed by atoms with Crippen LogP contribution >= 0.6 is 0 Å². The lowest BCUT2D eigenvalue weighted by molar-refractivity contribution is -0.515. The Morgan fingerprint density at radius 2 is 1.26 bits per heavy atom. The van der Waals surface area contributed by atoms with Crippen molar-refractivity contribution >= 4 is 38.6 Å². The van der Waals surface area contributed by atoms with Gasteiger partial charge in [-0.2, -0.15) is 4.58 Å². The first-order valence-electron chi connectivity index (χ1n) is 15.7. The van der Waals surface area contributed by atoms with Crippen molar-refractivity contribution in [2.75, 3.05) is 11.4 Å². The fourth-order valence-electron chi connectivity index (χ4n) is 7.28. The maximum Gasteiger partial charge on any atom is 0.218 e. The van der Waals surface area contributed by atoms with Crippen molar-refractivity contribution in [2.45, 2.75) is 71.8 Å². The maximum absolute atomic E-state index is 2.55. The molecular formula is C41H45N2+. The summed E-state index contributed by atoms with van der Waals surface area (Å²) in [6, 6.07) is 26.7. The minimum absolute atomic E-state index is 0.0513. The van der Waals surface area contributed by atoms with Crippen LogP contribution in [-0.4, -0.2) is 22.4 Å². The Morgan fingerprint density at radius 1 is 0.674 bits per heavy atom. The fraction of sp³-hybridized carbons (Fsp3) is 0.293. The van der Waals surface area contributed by atoms with Gasteiger partial charge in [0.1, 0.15) is 0 Å². The summed E-state index contributed by atoms with van der Waals surface area (Å²) in [5.74, 6) is 0. The molecule has 2 heterocycles. The third kappa shape index (κ3) is 4.68. The molecule has 4 aromatic rings. The zero-order valence-electron chi connectivity index (χ0n) is 27.1. The van der Waals surface area contributed by atoms with Crippen molar-refractivity contribution < 1.29 is 4.58 Å². The van der Waals surface area contributed by atoms with Gasteiger partial charge in [-0.3, -0.25) is 0 Å². The SMILES string of the molecule is CCN1\C(=C/C=C/C=C/C=C/C2=[N+](C(C)(C)C)c3c(ccc4ccccc34)C2(C)C)C(C)(C)c2ccc3ccccc3c21. The Labute approximate surface area is 258 Å². The van der Waals surface area contributed by atoms with E-state index in [9.17, 15) is 0 Å². The van der Waals surface area contributed by atoms with Crippen molar-refractivity contribution in [3.8, 4) is 0 Å². The smallest absolute Gasteiger partial charge is 0.218 e. The van der Waals surface area contributed by atoms with Crippen LogP contribution in [0.1, 0.15) is 66.5 Å². The normalized spacial score (nSPS) is 18.8. The predicted molar refractivity (Wildman–Crippen MR) is 187 cm³/mol. The molecule has 0 radical (unpaired) electrons. The van der Waals surface area contributed by atoms with Crippen molar-refractivity contribution in [2.24, 2.45) is 0 Å². The lowest BCUT2D eigenvalue weighted by atomic mass is 9.80. The molecule has 0 fully saturated rings. The van der Waals surface area contributed by atoms with Crippen LogP contribution in [0.15, 0.2) is 121 Å². The van der Waals surface area contributed by atoms with Gasteiger partial charge < -0.3 is 4.90 Å². The lowest BCUT2D eigenvalue weighted by Crippen LogP contribution is -2.36. The Morgan fingerprint density at radius 3 is 1.93 bits per heavy atom. The molecule has 0 spiro atoms. The van der Waals surface area contributed by atoms with Crippen molar-refractivity contribution in [3.05, 3.63) is 132 Å². The standard InChI is InChI=1S/C41H45N2/c1-9-42-35(40(5,6)33-27-25-29-19-15-17-21-31(29)37(33)42)23-13-11-10-12-14-24-36-41(7,8)34-28-26-30-20-16-18-22-32(30)38(34)43(36)39(2,3)4/h10-28H,9H2,1-8H3/q+1. The van der Waals surface area contributed by atoms with E-state index in [4.69, 9.17) is 0 Å². The third-order valence-corrected chi connectivity index (χ3v) is 9.39. The number of anilines is 1. The van der Waals surface area contributed by atoms with Crippen LogP contribution in [0, 0.1) is 0 Å². The van der Waals surface area contributed by atoms with Crippen LogP contribution in [-0.2, 0) is 10.8 Å². The number of hydrogen-bond acceptors (Lipinski definition) is 1. The van der Waals surface area contributed by atoms with Gasteiger partial charge in [0.05, 0.1) is 16.5 Å². The number of fused-ring (bicyclic) bond motifs is 6. The van der Waals surface area contributed by atoms with E-state index in [2.05, 4.69) is 180 Å². The van der Waals surface area contributed by atoms with E-state index < -0.39 is 0 Å². The molecule has 0 aliphatic carbocycles. The molecule has 43 heavy (non-hydrogen) atoms. The van der Waals surface area contributed by atoms with E-state index in [0.29, 0.717) is 0 Å². The molecule has 2 nitrogen and oxygen atoms in total. The molecule has 0 aromatic heterocycles. The van der Waals surface area contributed by atoms with E-state index in [1.807, 2.05) is 0 Å². The van der Waals surface area contributed by atoms with Gasteiger partial charge in [0.25, 0.3) is 0 Å². The average molecular weight is 566 g/mol. The number of nitrogens with zero attached hydrogens (tertiary/aromatic N) is 2. The number of benzene rings is 4. The Bertz CT molecular complexity index is 1880. The second-order valence-electron chi connectivity index (χ2n) is 13.9. The summed E-state index contributed by atoms with van der Waals surface area (Å²) in [7, 11) is 0. The molecule has 0 amide bonds. The second-order valence-corrected chi connectivity index (χ2v) is 13.9. The molecule has 2 aliphatic rings. The van der Waals surface area contributed by atoms with Gasteiger partial charge in [0.2, 0.25) is 5.69 Å². The largest absolute Gasteiger partial charge is 0.344 e. The van der Waals surface area contributed by atoms with E-state index in [1.54, 1.807) is 0 Å². The zero-order chi connectivity index (χ0) is 30.6. The van der Waals surface area contributed by atoms with Gasteiger partial charge >= 0.3 is 0 Å². The molecule has 2 heteroatoms. The Balaban J connectivity index is 1.29. The van der Waals surface area contributed by atoms with Crippen molar-refractivity contribution in [3.63, 3.8) is 0 Å². The quantitative estimate of drug-likeness (QED) is 0.172. The summed E-state index contributed by atoms with van der Waals surface area (Å²) >= 11 is 0. The summed E-state index contributed by atoms with van der Waals surface area (Å²) in [5.41, 5.74) is 7.98. The van der Waals surface area contributed by atoms with Gasteiger partial charge in [-0.15, -0.1) is 0 Å². The first kappa shape index (κ1) is 28.9. The molecule has 0 unspecified atom stereocenters. The van der Waals surface area contributed by atoms with Crippen LogP contribution in [0.2, 0.25) is 0 Å². The molecule has 0 saturated carbocycles. The molecule has 0 bridgehead atoms. The summed E-state index contributed by atoms with van der Waals surface area (Å²) < 4.78 is 2.55. The van der Waals surface area contributed by atoms with Gasteiger partial charge in [-0.25, -0.2) is 0 Å². The van der Waals surface area contributed by atoms with Crippen molar-refractivity contribution in [1.82, 2.24) is 0 Å². The van der Waals surface area contributed by atoms with E-state index in [-0.39, 0.29) is 16.4 Å². The van der Waals surface area contributed by atoms with Gasteiger partial charge in [0, 0.05) is 55.5 Å². The summed E-state index contributed by atoms with van der Waals surface area (Å²) in [6.45, 7) is 19.5. The van der Waals surface area contributed by atoms with E-state index in [0.717, 1.165) is 6.54 Å². The average Bonchev–Trinajstić information content (AvgIpc) is 3.35. The fourth-order valence-corrected chi connectivity index (χ4v) is 7.28. The summed E-state index contributed by atoms with van der Waals surface area (Å²) in [6.07, 6.45) is 15.4. The first-order valence-corrected chi connectivity index (χ1v) is 15.7. The number of rotatable bonds is 5. The summed E-state index contributed by atoms with van der Waals surface area (Å²) in [4.78, 5) is 2.49. The molecule has 6 rings (SSSR count). The molecule has 0 saturated heterocycles. The highest BCUT2D eigenvalue weighted by Gasteiger charge is 2.49. The van der Waals surface area contributed by atoms with Gasteiger partial charge in [0.15, 0.2) is 11.3 Å². The van der Waals surface area contributed by atoms with Crippen LogP contribution in [0.25, 0.3) is 21.5 Å². The molecule has 0 N–H and O–H groups in total. The summed E-state index contributed by atoms with van der Waals surface area (Å²) in [5, 5.41) is 5.24. The molecule has 0 atom stereocenters. The minimum atomic E-state index is -0.0892. The monoisotopic (exact) mass is 565 g/mol. The van der Waals surface area contributed by atoms with E-state index in [1.165, 1.54) is 55.5 Å². The third-order valence-electron chi connectivity index (χ3n) is 9.39. The minimum Gasteiger partial charge on any atom is -0.344 e. The predicted octanol–water partition coefficient (Wildman–Crippen LogP) is 10.5. The van der Waals surface area contributed by atoms with Gasteiger partial charge in [-0.05, 0) is 49.2 Å². The highest BCUT2D eigenvalue weighted by Crippen LogP contribution is 2.50. The van der Waals surface area contributed by atoms with E-state index >= 15 is 0 Å². The second kappa shape index (κ2) is 10.5. The zero-order valence-corrected chi connectivity index (χ0v) is 27.1. The highest BCUT2D eigenvalue weighted by atomic mass is 15.2. The molecule has 4 aromatic carbocycles. The van der Waals surface area contributed by atoms with Crippen molar-refractivity contribution in [1.29, 1.82) is 0 Å². The van der Waals surface area contributed by atoms with Gasteiger partial charge in [-0.1, -0.05) is 111 Å². The van der Waals surface area contributed by atoms with Crippen LogP contribution in [0.3, 0.4) is 0 Å². The first-order chi connectivity index (χ1) is 20.5.